The quantitative estimate of drug-likeness (QED) is 0.644. The second-order valence-corrected chi connectivity index (χ2v) is 4.55. The van der Waals surface area contributed by atoms with Crippen molar-refractivity contribution in [2.75, 3.05) is 0 Å². The first-order valence-electron chi connectivity index (χ1n) is 5.14. The summed E-state index contributed by atoms with van der Waals surface area (Å²) in [4.78, 5) is 0. The molecule has 70 valence electrons. The Labute approximate surface area is 73.5 Å². The van der Waals surface area contributed by atoms with Crippen molar-refractivity contribution in [3.8, 4) is 0 Å². The molecule has 2 saturated carbocycles. The molecule has 0 aromatic carbocycles. The largest absolute Gasteiger partial charge is 0.325 e. The second kappa shape index (κ2) is 2.99. The number of hydrogen-bond donors (Lipinski definition) is 1. The Hall–Kier alpha value is -0.110. The number of nitrogens with two attached hydrogens (primary N) is 1. The van der Waals surface area contributed by atoms with Crippen molar-refractivity contribution in [3.63, 3.8) is 0 Å². The summed E-state index contributed by atoms with van der Waals surface area (Å²) in [7, 11) is 0. The van der Waals surface area contributed by atoms with Crippen molar-refractivity contribution in [3.05, 3.63) is 0 Å². The molecule has 2 rings (SSSR count). The Bertz CT molecular complexity index is 165. The van der Waals surface area contributed by atoms with Crippen LogP contribution in [-0.2, 0) is 0 Å². The molecule has 2 heteroatoms. The fraction of sp³-hybridized carbons (Fsp3) is 1.00. The third kappa shape index (κ3) is 1.37. The summed E-state index contributed by atoms with van der Waals surface area (Å²) >= 11 is 0. The zero-order valence-electron chi connectivity index (χ0n) is 7.56. The molecule has 0 saturated heterocycles. The summed E-state index contributed by atoms with van der Waals surface area (Å²) in [5, 5.41) is 0. The first kappa shape index (κ1) is 8.49. The third-order valence-electron chi connectivity index (χ3n) is 3.69. The van der Waals surface area contributed by atoms with Crippen LogP contribution in [0.5, 0.6) is 0 Å². The van der Waals surface area contributed by atoms with Gasteiger partial charge in [-0.15, -0.1) is 0 Å². The van der Waals surface area contributed by atoms with Crippen LogP contribution in [0.1, 0.15) is 44.9 Å². The van der Waals surface area contributed by atoms with Crippen LogP contribution in [0, 0.1) is 5.92 Å². The smallest absolute Gasteiger partial charge is 0.102 e. The predicted molar refractivity (Wildman–Crippen MR) is 47.6 cm³/mol. The third-order valence-corrected chi connectivity index (χ3v) is 3.69. The highest BCUT2D eigenvalue weighted by molar-refractivity contribution is 4.99. The lowest BCUT2D eigenvalue weighted by atomic mass is 9.82. The van der Waals surface area contributed by atoms with E-state index in [0.29, 0.717) is 18.8 Å². The molecule has 2 atom stereocenters. The Kier molecular flexibility index (Phi) is 2.11. The molecule has 0 amide bonds. The van der Waals surface area contributed by atoms with Gasteiger partial charge in [-0.05, 0) is 38.0 Å². The Morgan fingerprint density at radius 3 is 2.33 bits per heavy atom. The van der Waals surface area contributed by atoms with E-state index in [2.05, 4.69) is 0 Å². The fourth-order valence-electron chi connectivity index (χ4n) is 2.91. The summed E-state index contributed by atoms with van der Waals surface area (Å²) in [5.74, 6) is 0.623. The van der Waals surface area contributed by atoms with Crippen molar-refractivity contribution >= 4 is 0 Å². The lowest BCUT2D eigenvalue weighted by molar-refractivity contribution is 0.251. The summed E-state index contributed by atoms with van der Waals surface area (Å²) in [6.45, 7) is 0. The SMILES string of the molecule is NC1(C2CCCC2)CCC(F)C1. The molecule has 12 heavy (non-hydrogen) atoms. The summed E-state index contributed by atoms with van der Waals surface area (Å²) in [6.07, 6.45) is 6.72. The van der Waals surface area contributed by atoms with Crippen LogP contribution in [0.15, 0.2) is 0 Å². The van der Waals surface area contributed by atoms with Gasteiger partial charge in [0.25, 0.3) is 0 Å². The van der Waals surface area contributed by atoms with Gasteiger partial charge in [0.15, 0.2) is 0 Å². The lowest BCUT2D eigenvalue weighted by Crippen LogP contribution is -2.43. The molecule has 0 bridgehead atoms. The summed E-state index contributed by atoms with van der Waals surface area (Å²) < 4.78 is 13.0. The number of alkyl halides is 1. The van der Waals surface area contributed by atoms with Gasteiger partial charge in [0.2, 0.25) is 0 Å². The van der Waals surface area contributed by atoms with Gasteiger partial charge >= 0.3 is 0 Å². The van der Waals surface area contributed by atoms with Crippen molar-refractivity contribution in [2.24, 2.45) is 11.7 Å². The van der Waals surface area contributed by atoms with Gasteiger partial charge in [0.1, 0.15) is 6.17 Å². The van der Waals surface area contributed by atoms with Gasteiger partial charge in [-0.1, -0.05) is 12.8 Å². The predicted octanol–water partition coefficient (Wildman–Crippen LogP) is 2.40. The molecular weight excluding hydrogens is 153 g/mol. The van der Waals surface area contributed by atoms with E-state index in [1.54, 1.807) is 0 Å². The van der Waals surface area contributed by atoms with E-state index < -0.39 is 6.17 Å². The van der Waals surface area contributed by atoms with Crippen molar-refractivity contribution in [1.29, 1.82) is 0 Å². The summed E-state index contributed by atoms with van der Waals surface area (Å²) in [6, 6.07) is 0. The highest BCUT2D eigenvalue weighted by atomic mass is 19.1. The van der Waals surface area contributed by atoms with E-state index in [4.69, 9.17) is 5.73 Å². The first-order valence-corrected chi connectivity index (χ1v) is 5.14. The topological polar surface area (TPSA) is 26.0 Å². The number of hydrogen-bond acceptors (Lipinski definition) is 1. The van der Waals surface area contributed by atoms with E-state index in [1.807, 2.05) is 0 Å². The van der Waals surface area contributed by atoms with Crippen LogP contribution in [0.2, 0.25) is 0 Å². The minimum Gasteiger partial charge on any atom is -0.325 e. The molecule has 0 aromatic rings. The Morgan fingerprint density at radius 2 is 1.83 bits per heavy atom. The van der Waals surface area contributed by atoms with Crippen LogP contribution in [0.25, 0.3) is 0 Å². The maximum absolute atomic E-state index is 13.0. The van der Waals surface area contributed by atoms with E-state index >= 15 is 0 Å². The van der Waals surface area contributed by atoms with Crippen molar-refractivity contribution in [2.45, 2.75) is 56.7 Å². The van der Waals surface area contributed by atoms with Gasteiger partial charge in [-0.25, -0.2) is 4.39 Å². The first-order chi connectivity index (χ1) is 5.71. The molecule has 0 spiro atoms. The van der Waals surface area contributed by atoms with Crippen LogP contribution >= 0.6 is 0 Å². The molecule has 2 fully saturated rings. The molecule has 0 aliphatic heterocycles. The molecule has 2 N–H and O–H groups in total. The highest BCUT2D eigenvalue weighted by Gasteiger charge is 2.42. The Morgan fingerprint density at radius 1 is 1.17 bits per heavy atom. The number of halogens is 1. The molecule has 2 aliphatic rings. The zero-order valence-corrected chi connectivity index (χ0v) is 7.56. The Balaban J connectivity index is 2.00. The maximum atomic E-state index is 13.0. The van der Waals surface area contributed by atoms with E-state index in [1.165, 1.54) is 25.7 Å². The average molecular weight is 171 g/mol. The standard InChI is InChI=1S/C10H18FN/c11-9-5-6-10(12,7-9)8-3-1-2-4-8/h8-9H,1-7,12H2. The molecule has 0 aromatic heterocycles. The second-order valence-electron chi connectivity index (χ2n) is 4.55. The maximum Gasteiger partial charge on any atom is 0.102 e. The van der Waals surface area contributed by atoms with Crippen molar-refractivity contribution < 1.29 is 4.39 Å². The summed E-state index contributed by atoms with van der Waals surface area (Å²) in [5.41, 5.74) is 6.09. The van der Waals surface area contributed by atoms with Gasteiger partial charge in [0.05, 0.1) is 0 Å². The van der Waals surface area contributed by atoms with Crippen LogP contribution in [-0.4, -0.2) is 11.7 Å². The normalized spacial score (nSPS) is 44.0. The van der Waals surface area contributed by atoms with Crippen LogP contribution in [0.4, 0.5) is 4.39 Å². The minimum atomic E-state index is -0.615. The lowest BCUT2D eigenvalue weighted by Gasteiger charge is -2.30. The van der Waals surface area contributed by atoms with Crippen LogP contribution < -0.4 is 5.73 Å². The number of rotatable bonds is 1. The molecule has 2 aliphatic carbocycles. The molecular formula is C10H18FN. The van der Waals surface area contributed by atoms with Crippen LogP contribution in [0.3, 0.4) is 0 Å². The van der Waals surface area contributed by atoms with Gasteiger partial charge in [-0.3, -0.25) is 0 Å². The average Bonchev–Trinajstić information content (AvgIpc) is 2.59. The van der Waals surface area contributed by atoms with Gasteiger partial charge < -0.3 is 5.73 Å². The van der Waals surface area contributed by atoms with Gasteiger partial charge in [-0.2, -0.15) is 0 Å². The fourth-order valence-corrected chi connectivity index (χ4v) is 2.91. The van der Waals surface area contributed by atoms with E-state index in [0.717, 1.165) is 6.42 Å². The monoisotopic (exact) mass is 171 g/mol. The molecule has 0 heterocycles. The molecule has 2 unspecified atom stereocenters. The van der Waals surface area contributed by atoms with E-state index in [9.17, 15) is 4.39 Å². The van der Waals surface area contributed by atoms with Crippen molar-refractivity contribution in [1.82, 2.24) is 0 Å². The van der Waals surface area contributed by atoms with E-state index in [-0.39, 0.29) is 5.54 Å². The highest BCUT2D eigenvalue weighted by Crippen LogP contribution is 2.42. The molecule has 1 nitrogen and oxygen atoms in total. The van der Waals surface area contributed by atoms with Gasteiger partial charge in [0, 0.05) is 5.54 Å². The molecule has 0 radical (unpaired) electrons. The minimum absolute atomic E-state index is 0.129. The zero-order chi connectivity index (χ0) is 8.60.